The highest BCUT2D eigenvalue weighted by Crippen LogP contribution is 2.39. The van der Waals surface area contributed by atoms with Crippen molar-refractivity contribution in [3.63, 3.8) is 0 Å². The molecule has 2 aliphatic heterocycles. The first-order valence-corrected chi connectivity index (χ1v) is 5.61. The molecule has 3 rings (SSSR count). The molecule has 1 aromatic heterocycles. The van der Waals surface area contributed by atoms with E-state index in [1.165, 1.54) is 12.4 Å². The zero-order chi connectivity index (χ0) is 11.0. The first-order chi connectivity index (χ1) is 7.77. The van der Waals surface area contributed by atoms with E-state index in [1.807, 2.05) is 0 Å². The van der Waals surface area contributed by atoms with Crippen LogP contribution in [0.1, 0.15) is 12.8 Å². The molecule has 1 N–H and O–H groups in total. The van der Waals surface area contributed by atoms with Crippen LogP contribution in [-0.2, 0) is 4.74 Å². The third-order valence-electron chi connectivity index (χ3n) is 3.53. The molecule has 0 radical (unpaired) electrons. The molecule has 0 aliphatic carbocycles. The molecule has 1 unspecified atom stereocenters. The Labute approximate surface area is 94.1 Å². The van der Waals surface area contributed by atoms with Crippen LogP contribution < -0.4 is 4.90 Å². The van der Waals surface area contributed by atoms with E-state index in [2.05, 4.69) is 14.9 Å². The van der Waals surface area contributed by atoms with E-state index in [-0.39, 0.29) is 5.75 Å². The monoisotopic (exact) mass is 221 g/mol. The molecule has 0 bridgehead atoms. The summed E-state index contributed by atoms with van der Waals surface area (Å²) in [6.45, 7) is 3.69. The molecule has 1 spiro atoms. The minimum absolute atomic E-state index is 0.113. The van der Waals surface area contributed by atoms with Crippen LogP contribution in [0.2, 0.25) is 0 Å². The van der Waals surface area contributed by atoms with Crippen LogP contribution in [0, 0.1) is 5.41 Å². The Morgan fingerprint density at radius 1 is 1.31 bits per heavy atom. The molecular weight excluding hydrogens is 206 g/mol. The van der Waals surface area contributed by atoms with Crippen molar-refractivity contribution in [2.24, 2.45) is 5.41 Å². The first-order valence-electron chi connectivity index (χ1n) is 5.61. The van der Waals surface area contributed by atoms with Crippen molar-refractivity contribution >= 4 is 5.95 Å². The Kier molecular flexibility index (Phi) is 2.21. The minimum Gasteiger partial charge on any atom is -0.505 e. The van der Waals surface area contributed by atoms with Gasteiger partial charge in [0, 0.05) is 25.1 Å². The molecule has 2 saturated heterocycles. The van der Waals surface area contributed by atoms with Crippen LogP contribution >= 0.6 is 0 Å². The van der Waals surface area contributed by atoms with Gasteiger partial charge < -0.3 is 14.7 Å². The maximum atomic E-state index is 9.14. The molecule has 0 saturated carbocycles. The van der Waals surface area contributed by atoms with Crippen LogP contribution in [0.4, 0.5) is 5.95 Å². The lowest BCUT2D eigenvalue weighted by molar-refractivity contribution is 0.160. The normalized spacial score (nSPS) is 29.1. The van der Waals surface area contributed by atoms with E-state index in [0.29, 0.717) is 11.4 Å². The number of hydrogen-bond donors (Lipinski definition) is 1. The lowest BCUT2D eigenvalue weighted by atomic mass is 9.87. The molecule has 2 fully saturated rings. The molecule has 0 amide bonds. The SMILES string of the molecule is Oc1cnc(N2CCC3(CCOC3)C2)nc1. The van der Waals surface area contributed by atoms with Crippen molar-refractivity contribution < 1.29 is 9.84 Å². The Bertz CT molecular complexity index is 373. The van der Waals surface area contributed by atoms with Crippen molar-refractivity contribution in [3.05, 3.63) is 12.4 Å². The summed E-state index contributed by atoms with van der Waals surface area (Å²) in [5.74, 6) is 0.823. The summed E-state index contributed by atoms with van der Waals surface area (Å²) >= 11 is 0. The van der Waals surface area contributed by atoms with Gasteiger partial charge in [0.25, 0.3) is 0 Å². The highest BCUT2D eigenvalue weighted by molar-refractivity contribution is 5.33. The van der Waals surface area contributed by atoms with Crippen molar-refractivity contribution in [2.45, 2.75) is 12.8 Å². The van der Waals surface area contributed by atoms with Crippen LogP contribution in [0.3, 0.4) is 0 Å². The van der Waals surface area contributed by atoms with Gasteiger partial charge in [-0.1, -0.05) is 0 Å². The Morgan fingerprint density at radius 3 is 2.81 bits per heavy atom. The zero-order valence-corrected chi connectivity index (χ0v) is 9.09. The van der Waals surface area contributed by atoms with Gasteiger partial charge in [0.15, 0.2) is 5.75 Å². The van der Waals surface area contributed by atoms with Gasteiger partial charge in [0.05, 0.1) is 19.0 Å². The summed E-state index contributed by atoms with van der Waals surface area (Å²) < 4.78 is 5.48. The number of ether oxygens (including phenoxy) is 1. The largest absolute Gasteiger partial charge is 0.505 e. The highest BCUT2D eigenvalue weighted by atomic mass is 16.5. The highest BCUT2D eigenvalue weighted by Gasteiger charge is 2.41. The van der Waals surface area contributed by atoms with Crippen molar-refractivity contribution in [1.29, 1.82) is 0 Å². The summed E-state index contributed by atoms with van der Waals surface area (Å²) in [4.78, 5) is 10.5. The molecule has 0 aromatic carbocycles. The van der Waals surface area contributed by atoms with Crippen LogP contribution in [-0.4, -0.2) is 41.4 Å². The smallest absolute Gasteiger partial charge is 0.225 e. The van der Waals surface area contributed by atoms with Gasteiger partial charge in [0.2, 0.25) is 5.95 Å². The van der Waals surface area contributed by atoms with E-state index in [9.17, 15) is 0 Å². The Balaban J connectivity index is 1.75. The third-order valence-corrected chi connectivity index (χ3v) is 3.53. The fourth-order valence-corrected chi connectivity index (χ4v) is 2.55. The second-order valence-electron chi connectivity index (χ2n) is 4.72. The fourth-order valence-electron chi connectivity index (χ4n) is 2.55. The zero-order valence-electron chi connectivity index (χ0n) is 9.09. The minimum atomic E-state index is 0.113. The van der Waals surface area contributed by atoms with E-state index in [0.717, 1.165) is 39.1 Å². The molecule has 1 atom stereocenters. The molecule has 3 heterocycles. The average molecular weight is 221 g/mol. The van der Waals surface area contributed by atoms with Crippen LogP contribution in [0.25, 0.3) is 0 Å². The summed E-state index contributed by atoms with van der Waals surface area (Å²) in [5, 5.41) is 9.14. The molecule has 1 aromatic rings. The lowest BCUT2D eigenvalue weighted by Gasteiger charge is -2.21. The molecule has 2 aliphatic rings. The number of aromatic hydroxyl groups is 1. The first kappa shape index (κ1) is 9.84. The van der Waals surface area contributed by atoms with E-state index < -0.39 is 0 Å². The second kappa shape index (κ2) is 3.59. The number of rotatable bonds is 1. The van der Waals surface area contributed by atoms with Gasteiger partial charge in [-0.05, 0) is 12.8 Å². The second-order valence-corrected chi connectivity index (χ2v) is 4.72. The molecular formula is C11H15N3O2. The third kappa shape index (κ3) is 1.61. The van der Waals surface area contributed by atoms with Gasteiger partial charge in [-0.25, -0.2) is 9.97 Å². The van der Waals surface area contributed by atoms with Crippen LogP contribution in [0.5, 0.6) is 5.75 Å². The molecule has 5 nitrogen and oxygen atoms in total. The Morgan fingerprint density at radius 2 is 2.12 bits per heavy atom. The molecule has 16 heavy (non-hydrogen) atoms. The summed E-state index contributed by atoms with van der Waals surface area (Å²) in [5.41, 5.74) is 0.321. The van der Waals surface area contributed by atoms with Crippen molar-refractivity contribution in [3.8, 4) is 5.75 Å². The lowest BCUT2D eigenvalue weighted by Crippen LogP contribution is -2.28. The summed E-state index contributed by atoms with van der Waals surface area (Å²) in [6.07, 6.45) is 5.18. The fraction of sp³-hybridized carbons (Fsp3) is 0.636. The van der Waals surface area contributed by atoms with Gasteiger partial charge in [-0.3, -0.25) is 0 Å². The number of nitrogens with zero attached hydrogens (tertiary/aromatic N) is 3. The van der Waals surface area contributed by atoms with E-state index >= 15 is 0 Å². The maximum Gasteiger partial charge on any atom is 0.225 e. The van der Waals surface area contributed by atoms with Gasteiger partial charge in [0.1, 0.15) is 0 Å². The average Bonchev–Trinajstić information content (AvgIpc) is 2.91. The summed E-state index contributed by atoms with van der Waals surface area (Å²) in [7, 11) is 0. The maximum absolute atomic E-state index is 9.14. The molecule has 5 heteroatoms. The van der Waals surface area contributed by atoms with E-state index in [4.69, 9.17) is 9.84 Å². The van der Waals surface area contributed by atoms with Crippen molar-refractivity contribution in [1.82, 2.24) is 9.97 Å². The summed E-state index contributed by atoms with van der Waals surface area (Å²) in [6, 6.07) is 0. The van der Waals surface area contributed by atoms with Crippen molar-refractivity contribution in [2.75, 3.05) is 31.2 Å². The quantitative estimate of drug-likeness (QED) is 0.760. The Hall–Kier alpha value is -1.36. The topological polar surface area (TPSA) is 58.5 Å². The van der Waals surface area contributed by atoms with Gasteiger partial charge in [-0.15, -0.1) is 0 Å². The molecule has 86 valence electrons. The number of hydrogen-bond acceptors (Lipinski definition) is 5. The number of anilines is 1. The van der Waals surface area contributed by atoms with E-state index in [1.54, 1.807) is 0 Å². The van der Waals surface area contributed by atoms with Crippen LogP contribution in [0.15, 0.2) is 12.4 Å². The van der Waals surface area contributed by atoms with Gasteiger partial charge in [-0.2, -0.15) is 0 Å². The number of aromatic nitrogens is 2. The van der Waals surface area contributed by atoms with Gasteiger partial charge >= 0.3 is 0 Å². The predicted molar refractivity (Wildman–Crippen MR) is 58.4 cm³/mol. The standard InChI is InChI=1S/C11H15N3O2/c15-9-5-12-10(13-6-9)14-3-1-11(7-14)2-4-16-8-11/h5-6,15H,1-4,7-8H2. The predicted octanol–water partition coefficient (Wildman–Crippen LogP) is 0.799.